The van der Waals surface area contributed by atoms with Gasteiger partial charge in [-0.05, 0) is 37.1 Å². The highest BCUT2D eigenvalue weighted by atomic mass is 19.1. The Morgan fingerprint density at radius 2 is 1.85 bits per heavy atom. The monoisotopic (exact) mass is 279 g/mol. The van der Waals surface area contributed by atoms with E-state index in [0.29, 0.717) is 0 Å². The quantitative estimate of drug-likeness (QED) is 0.882. The zero-order valence-electron chi connectivity index (χ0n) is 11.1. The number of urea groups is 1. The van der Waals surface area contributed by atoms with Gasteiger partial charge in [0, 0.05) is 11.7 Å². The Morgan fingerprint density at radius 3 is 2.40 bits per heavy atom. The Morgan fingerprint density at radius 1 is 1.25 bits per heavy atom. The molecular weight excluding hydrogens is 261 g/mol. The minimum absolute atomic E-state index is 0.0409. The first-order chi connectivity index (χ1) is 9.56. The molecule has 20 heavy (non-hydrogen) atoms. The molecule has 108 valence electrons. The summed E-state index contributed by atoms with van der Waals surface area (Å²) in [7, 11) is 0. The number of nitrogens with two attached hydrogens (primary N) is 1. The lowest BCUT2D eigenvalue weighted by Crippen LogP contribution is -2.45. The van der Waals surface area contributed by atoms with Crippen LogP contribution in [0, 0.1) is 5.82 Å². The van der Waals surface area contributed by atoms with Gasteiger partial charge in [-0.15, -0.1) is 0 Å². The van der Waals surface area contributed by atoms with E-state index < -0.39 is 11.9 Å². The molecule has 3 N–H and O–H groups in total. The number of halogens is 1. The number of nitrogens with one attached hydrogen (secondary N) is 1. The lowest BCUT2D eigenvalue weighted by molar-refractivity contribution is -0.118. The van der Waals surface area contributed by atoms with Gasteiger partial charge in [0.15, 0.2) is 0 Å². The standard InChI is InChI=1S/C14H18FN3O2/c15-10-5-7-12(8-6-10)18(11-3-1-2-4-11)9-13(19)17-14(16)20/h5-8,11H,1-4,9H2,(H3,16,17,19,20). The van der Waals surface area contributed by atoms with Gasteiger partial charge in [-0.25, -0.2) is 9.18 Å². The van der Waals surface area contributed by atoms with E-state index >= 15 is 0 Å². The summed E-state index contributed by atoms with van der Waals surface area (Å²) in [5.74, 6) is -0.768. The van der Waals surface area contributed by atoms with Crippen molar-refractivity contribution in [1.82, 2.24) is 5.32 Å². The smallest absolute Gasteiger partial charge is 0.318 e. The normalized spacial score (nSPS) is 15.1. The third-order valence-electron chi connectivity index (χ3n) is 3.50. The predicted molar refractivity (Wildman–Crippen MR) is 73.7 cm³/mol. The molecule has 0 unspecified atom stereocenters. The molecule has 6 heteroatoms. The lowest BCUT2D eigenvalue weighted by atomic mass is 10.1. The lowest BCUT2D eigenvalue weighted by Gasteiger charge is -2.30. The molecule has 0 heterocycles. The summed E-state index contributed by atoms with van der Waals surface area (Å²) in [6.07, 6.45) is 4.20. The number of benzene rings is 1. The first-order valence-corrected chi connectivity index (χ1v) is 6.68. The largest absolute Gasteiger partial charge is 0.359 e. The summed E-state index contributed by atoms with van der Waals surface area (Å²) >= 11 is 0. The molecule has 1 aromatic rings. The Kier molecular flexibility index (Phi) is 4.55. The van der Waals surface area contributed by atoms with Crippen LogP contribution in [0.3, 0.4) is 0 Å². The second-order valence-corrected chi connectivity index (χ2v) is 4.96. The summed E-state index contributed by atoms with van der Waals surface area (Å²) in [6.45, 7) is 0.0409. The number of amides is 3. The molecule has 0 saturated heterocycles. The van der Waals surface area contributed by atoms with Crippen LogP contribution in [0.2, 0.25) is 0 Å². The molecule has 0 bridgehead atoms. The fourth-order valence-electron chi connectivity index (χ4n) is 2.61. The first-order valence-electron chi connectivity index (χ1n) is 6.68. The molecule has 1 saturated carbocycles. The van der Waals surface area contributed by atoms with Crippen molar-refractivity contribution in [2.45, 2.75) is 31.7 Å². The molecule has 0 aliphatic heterocycles. The van der Waals surface area contributed by atoms with E-state index in [1.807, 2.05) is 4.90 Å². The van der Waals surface area contributed by atoms with Gasteiger partial charge in [-0.3, -0.25) is 10.1 Å². The van der Waals surface area contributed by atoms with Crippen molar-refractivity contribution < 1.29 is 14.0 Å². The van der Waals surface area contributed by atoms with E-state index in [4.69, 9.17) is 5.73 Å². The van der Waals surface area contributed by atoms with Crippen LogP contribution in [0.1, 0.15) is 25.7 Å². The van der Waals surface area contributed by atoms with Crippen LogP contribution in [0.15, 0.2) is 24.3 Å². The zero-order valence-corrected chi connectivity index (χ0v) is 11.1. The van der Waals surface area contributed by atoms with Gasteiger partial charge in [0.05, 0.1) is 6.54 Å². The summed E-state index contributed by atoms with van der Waals surface area (Å²) in [4.78, 5) is 24.4. The second kappa shape index (κ2) is 6.36. The van der Waals surface area contributed by atoms with Crippen molar-refractivity contribution in [2.24, 2.45) is 5.73 Å². The van der Waals surface area contributed by atoms with Gasteiger partial charge < -0.3 is 10.6 Å². The average Bonchev–Trinajstić information content (AvgIpc) is 2.90. The van der Waals surface area contributed by atoms with Gasteiger partial charge in [0.2, 0.25) is 5.91 Å². The number of nitrogens with zero attached hydrogens (tertiary/aromatic N) is 1. The number of imide groups is 1. The molecule has 0 aromatic heterocycles. The highest BCUT2D eigenvalue weighted by Gasteiger charge is 2.25. The maximum absolute atomic E-state index is 13.0. The van der Waals surface area contributed by atoms with Crippen LogP contribution in [0.25, 0.3) is 0 Å². The maximum atomic E-state index is 13.0. The average molecular weight is 279 g/mol. The van der Waals surface area contributed by atoms with E-state index in [-0.39, 0.29) is 18.4 Å². The van der Waals surface area contributed by atoms with Crippen LogP contribution in [-0.4, -0.2) is 24.5 Å². The van der Waals surface area contributed by atoms with Gasteiger partial charge in [0.25, 0.3) is 0 Å². The van der Waals surface area contributed by atoms with Crippen LogP contribution >= 0.6 is 0 Å². The molecule has 1 aromatic carbocycles. The zero-order chi connectivity index (χ0) is 14.5. The number of carbonyl (C=O) groups excluding carboxylic acids is 2. The van der Waals surface area contributed by atoms with E-state index in [1.54, 1.807) is 12.1 Å². The Labute approximate surface area is 116 Å². The molecule has 0 spiro atoms. The highest BCUT2D eigenvalue weighted by molar-refractivity contribution is 5.95. The summed E-state index contributed by atoms with van der Waals surface area (Å²) in [5.41, 5.74) is 5.72. The van der Waals surface area contributed by atoms with Crippen molar-refractivity contribution in [1.29, 1.82) is 0 Å². The van der Waals surface area contributed by atoms with E-state index in [2.05, 4.69) is 5.32 Å². The fraction of sp³-hybridized carbons (Fsp3) is 0.429. The number of hydrogen-bond donors (Lipinski definition) is 2. The molecule has 3 amide bonds. The summed E-state index contributed by atoms with van der Waals surface area (Å²) in [6, 6.07) is 5.39. The Bertz CT molecular complexity index is 484. The predicted octanol–water partition coefficient (Wildman–Crippen LogP) is 1.77. The number of rotatable bonds is 4. The van der Waals surface area contributed by atoms with Crippen molar-refractivity contribution in [3.8, 4) is 0 Å². The van der Waals surface area contributed by atoms with Gasteiger partial charge in [-0.2, -0.15) is 0 Å². The third-order valence-corrected chi connectivity index (χ3v) is 3.50. The third kappa shape index (κ3) is 3.69. The molecule has 2 rings (SSSR count). The number of carbonyl (C=O) groups is 2. The molecule has 1 fully saturated rings. The molecule has 0 atom stereocenters. The summed E-state index contributed by atoms with van der Waals surface area (Å²) < 4.78 is 13.0. The molecule has 1 aliphatic carbocycles. The van der Waals surface area contributed by atoms with Gasteiger partial charge >= 0.3 is 6.03 Å². The minimum atomic E-state index is -0.861. The molecule has 1 aliphatic rings. The van der Waals surface area contributed by atoms with Crippen molar-refractivity contribution in [2.75, 3.05) is 11.4 Å². The molecular formula is C14H18FN3O2. The Balaban J connectivity index is 2.13. The van der Waals surface area contributed by atoms with E-state index in [9.17, 15) is 14.0 Å². The number of anilines is 1. The van der Waals surface area contributed by atoms with E-state index in [0.717, 1.165) is 31.4 Å². The van der Waals surface area contributed by atoms with Crippen LogP contribution in [0.4, 0.5) is 14.9 Å². The van der Waals surface area contributed by atoms with Crippen molar-refractivity contribution in [3.05, 3.63) is 30.1 Å². The number of primary amides is 1. The summed E-state index contributed by atoms with van der Waals surface area (Å²) in [5, 5.41) is 2.06. The van der Waals surface area contributed by atoms with Crippen LogP contribution in [-0.2, 0) is 4.79 Å². The minimum Gasteiger partial charge on any atom is -0.359 e. The van der Waals surface area contributed by atoms with Crippen molar-refractivity contribution in [3.63, 3.8) is 0 Å². The van der Waals surface area contributed by atoms with Gasteiger partial charge in [0.1, 0.15) is 5.82 Å². The highest BCUT2D eigenvalue weighted by Crippen LogP contribution is 2.28. The Hall–Kier alpha value is -2.11. The molecule has 5 nitrogen and oxygen atoms in total. The SMILES string of the molecule is NC(=O)NC(=O)CN(c1ccc(F)cc1)C1CCCC1. The second-order valence-electron chi connectivity index (χ2n) is 4.96. The van der Waals surface area contributed by atoms with Crippen LogP contribution in [0.5, 0.6) is 0 Å². The van der Waals surface area contributed by atoms with Crippen molar-refractivity contribution >= 4 is 17.6 Å². The van der Waals surface area contributed by atoms with E-state index in [1.165, 1.54) is 12.1 Å². The maximum Gasteiger partial charge on any atom is 0.318 e. The molecule has 0 radical (unpaired) electrons. The topological polar surface area (TPSA) is 75.4 Å². The fourth-order valence-corrected chi connectivity index (χ4v) is 2.61. The van der Waals surface area contributed by atoms with Gasteiger partial charge in [-0.1, -0.05) is 12.8 Å². The van der Waals surface area contributed by atoms with Crippen LogP contribution < -0.4 is 16.0 Å². The number of hydrogen-bond acceptors (Lipinski definition) is 3. The first kappa shape index (κ1) is 14.3.